The average Bonchev–Trinajstić information content (AvgIpc) is 3.31. The quantitative estimate of drug-likeness (QED) is 0.166. The van der Waals surface area contributed by atoms with Gasteiger partial charge >= 0.3 is 0 Å². The summed E-state index contributed by atoms with van der Waals surface area (Å²) >= 11 is 1.83. The molecule has 3 heteroatoms. The van der Waals surface area contributed by atoms with Gasteiger partial charge in [0.15, 0.2) is 6.20 Å². The first-order valence-corrected chi connectivity index (χ1v) is 10.5. The van der Waals surface area contributed by atoms with Crippen molar-refractivity contribution in [3.63, 3.8) is 0 Å². The Labute approximate surface area is 165 Å². The van der Waals surface area contributed by atoms with Crippen LogP contribution in [0.15, 0.2) is 66.2 Å². The van der Waals surface area contributed by atoms with Crippen LogP contribution in [0.5, 0.6) is 0 Å². The molecule has 0 radical (unpaired) electrons. The van der Waals surface area contributed by atoms with E-state index in [4.69, 9.17) is 0 Å². The first kappa shape index (κ1) is 14.8. The Morgan fingerprint density at radius 1 is 0.857 bits per heavy atom. The highest BCUT2D eigenvalue weighted by atomic mass is 32.1. The molecule has 132 valence electrons. The van der Waals surface area contributed by atoms with E-state index >= 15 is 0 Å². The Morgan fingerprint density at radius 2 is 1.75 bits per heavy atom. The highest BCUT2D eigenvalue weighted by molar-refractivity contribution is 7.17. The van der Waals surface area contributed by atoms with E-state index in [1.165, 1.54) is 64.6 Å². The third-order valence-electron chi connectivity index (χ3n) is 6.41. The SMILES string of the molecule is Cc1c2ccsc2cc2c1c1c3c(ccc4c5ccccc5n2c43)cc[n+]1C. The molecule has 0 unspecified atom stereocenters. The van der Waals surface area contributed by atoms with Gasteiger partial charge in [0.2, 0.25) is 5.52 Å². The first-order chi connectivity index (χ1) is 13.7. The number of nitrogens with zero attached hydrogens (tertiary/aromatic N) is 2. The zero-order chi connectivity index (χ0) is 18.6. The maximum absolute atomic E-state index is 2.50. The molecule has 3 aromatic carbocycles. The molecule has 0 fully saturated rings. The molecule has 0 bridgehead atoms. The molecular formula is C25H17N2S+. The number of pyridine rings is 2. The standard InChI is InChI=1S/C25H17N2S/c1-14-16-10-12-28-21(16)13-20-22(14)25-23-15(9-11-26(25)2)7-8-18-17-5-3-4-6-19(17)27(20)24(18)23/h3-13H,1-2H3/q+1. The molecule has 0 aliphatic carbocycles. The van der Waals surface area contributed by atoms with E-state index in [1.807, 2.05) is 11.3 Å². The van der Waals surface area contributed by atoms with Crippen molar-refractivity contribution in [2.45, 2.75) is 6.92 Å². The Balaban J connectivity index is 2.01. The fourth-order valence-electron chi connectivity index (χ4n) is 5.20. The summed E-state index contributed by atoms with van der Waals surface area (Å²) in [7, 11) is 2.17. The van der Waals surface area contributed by atoms with Crippen LogP contribution in [0.4, 0.5) is 0 Å². The number of benzene rings is 3. The summed E-state index contributed by atoms with van der Waals surface area (Å²) in [5.74, 6) is 0. The summed E-state index contributed by atoms with van der Waals surface area (Å²) in [6.45, 7) is 2.28. The molecule has 7 rings (SSSR count). The number of aromatic nitrogens is 2. The second-order valence-corrected chi connectivity index (χ2v) is 8.73. The Bertz CT molecular complexity index is 1730. The van der Waals surface area contributed by atoms with Crippen LogP contribution < -0.4 is 4.57 Å². The van der Waals surface area contributed by atoms with Crippen molar-refractivity contribution in [1.82, 2.24) is 4.40 Å². The smallest absolute Gasteiger partial charge is 0.224 e. The fraction of sp³-hybridized carbons (Fsp3) is 0.0800. The van der Waals surface area contributed by atoms with Gasteiger partial charge in [-0.15, -0.1) is 11.3 Å². The minimum atomic E-state index is 1.29. The van der Waals surface area contributed by atoms with Gasteiger partial charge in [-0.2, -0.15) is 0 Å². The Kier molecular flexibility index (Phi) is 2.55. The summed E-state index contributed by atoms with van der Waals surface area (Å²) in [6, 6.07) is 20.3. The second-order valence-electron chi connectivity index (χ2n) is 7.78. The zero-order valence-corrected chi connectivity index (χ0v) is 16.5. The largest absolute Gasteiger partial charge is 0.307 e. The highest BCUT2D eigenvalue weighted by Crippen LogP contribution is 2.42. The van der Waals surface area contributed by atoms with E-state index in [-0.39, 0.29) is 0 Å². The summed E-state index contributed by atoms with van der Waals surface area (Å²) < 4.78 is 6.16. The molecule has 0 saturated carbocycles. The zero-order valence-electron chi connectivity index (χ0n) is 15.7. The number of fused-ring (bicyclic) bond motifs is 7. The number of thiophene rings is 1. The lowest BCUT2D eigenvalue weighted by molar-refractivity contribution is -0.643. The van der Waals surface area contributed by atoms with Crippen molar-refractivity contribution in [3.8, 4) is 0 Å². The van der Waals surface area contributed by atoms with Gasteiger partial charge in [0.25, 0.3) is 0 Å². The van der Waals surface area contributed by atoms with E-state index in [0.29, 0.717) is 0 Å². The monoisotopic (exact) mass is 377 g/mol. The number of hydrogen-bond donors (Lipinski definition) is 0. The number of para-hydroxylation sites is 1. The number of aryl methyl sites for hydroxylation is 2. The van der Waals surface area contributed by atoms with Crippen LogP contribution in [0, 0.1) is 6.92 Å². The van der Waals surface area contributed by atoms with Gasteiger partial charge < -0.3 is 4.40 Å². The van der Waals surface area contributed by atoms with Crippen molar-refractivity contribution >= 4 is 70.4 Å². The molecule has 7 aromatic rings. The van der Waals surface area contributed by atoms with E-state index in [1.54, 1.807) is 0 Å². The average molecular weight is 377 g/mol. The Morgan fingerprint density at radius 3 is 2.68 bits per heavy atom. The number of hydrogen-bond acceptors (Lipinski definition) is 1. The van der Waals surface area contributed by atoms with E-state index in [0.717, 1.165) is 0 Å². The van der Waals surface area contributed by atoms with Gasteiger partial charge in [-0.1, -0.05) is 30.3 Å². The summed E-state index contributed by atoms with van der Waals surface area (Å²) in [4.78, 5) is 0. The normalized spacial score (nSPS) is 12.6. The van der Waals surface area contributed by atoms with Crippen LogP contribution in [0.25, 0.3) is 59.1 Å². The number of rotatable bonds is 0. The van der Waals surface area contributed by atoms with Crippen LogP contribution in [-0.4, -0.2) is 4.40 Å². The van der Waals surface area contributed by atoms with Crippen LogP contribution in [0.2, 0.25) is 0 Å². The molecule has 0 aliphatic rings. The predicted octanol–water partition coefficient (Wildman–Crippen LogP) is 6.34. The molecule has 4 aromatic heterocycles. The van der Waals surface area contributed by atoms with E-state index in [9.17, 15) is 0 Å². The lowest BCUT2D eigenvalue weighted by atomic mass is 9.98. The van der Waals surface area contributed by atoms with Gasteiger partial charge in [0.1, 0.15) is 7.05 Å². The molecule has 0 saturated heterocycles. The van der Waals surface area contributed by atoms with Crippen molar-refractivity contribution in [2.24, 2.45) is 7.05 Å². The summed E-state index contributed by atoms with van der Waals surface area (Å²) in [5.41, 5.74) is 6.64. The van der Waals surface area contributed by atoms with Crippen molar-refractivity contribution in [2.75, 3.05) is 0 Å². The molecule has 4 heterocycles. The maximum atomic E-state index is 2.50. The summed E-state index contributed by atoms with van der Waals surface area (Å²) in [5, 5.41) is 10.3. The molecule has 28 heavy (non-hydrogen) atoms. The lowest BCUT2D eigenvalue weighted by Crippen LogP contribution is -2.28. The molecule has 0 atom stereocenters. The van der Waals surface area contributed by atoms with Gasteiger partial charge in [0, 0.05) is 21.5 Å². The van der Waals surface area contributed by atoms with Gasteiger partial charge in [0.05, 0.1) is 27.3 Å². The fourth-order valence-corrected chi connectivity index (χ4v) is 6.07. The second kappa shape index (κ2) is 4.81. The maximum Gasteiger partial charge on any atom is 0.224 e. The van der Waals surface area contributed by atoms with Gasteiger partial charge in [-0.25, -0.2) is 4.57 Å². The van der Waals surface area contributed by atoms with Crippen molar-refractivity contribution < 1.29 is 4.57 Å². The van der Waals surface area contributed by atoms with Crippen LogP contribution in [-0.2, 0) is 7.05 Å². The van der Waals surface area contributed by atoms with Crippen LogP contribution >= 0.6 is 11.3 Å². The van der Waals surface area contributed by atoms with Crippen molar-refractivity contribution in [1.29, 1.82) is 0 Å². The lowest BCUT2D eigenvalue weighted by Gasteiger charge is -2.13. The third-order valence-corrected chi connectivity index (χ3v) is 7.28. The minimum Gasteiger partial charge on any atom is -0.307 e. The van der Waals surface area contributed by atoms with E-state index in [2.05, 4.69) is 89.1 Å². The first-order valence-electron chi connectivity index (χ1n) is 9.60. The molecule has 0 N–H and O–H groups in total. The molecule has 0 spiro atoms. The van der Waals surface area contributed by atoms with Crippen LogP contribution in [0.1, 0.15) is 5.56 Å². The molecule has 0 aliphatic heterocycles. The topological polar surface area (TPSA) is 8.29 Å². The molecule has 2 nitrogen and oxygen atoms in total. The predicted molar refractivity (Wildman–Crippen MR) is 120 cm³/mol. The minimum absolute atomic E-state index is 1.29. The van der Waals surface area contributed by atoms with Crippen LogP contribution in [0.3, 0.4) is 0 Å². The van der Waals surface area contributed by atoms with Gasteiger partial charge in [-0.05, 0) is 46.8 Å². The molecular weight excluding hydrogens is 360 g/mol. The van der Waals surface area contributed by atoms with Gasteiger partial charge in [-0.3, -0.25) is 0 Å². The molecule has 0 amide bonds. The summed E-state index contributed by atoms with van der Waals surface area (Å²) in [6.07, 6.45) is 2.20. The van der Waals surface area contributed by atoms with E-state index < -0.39 is 0 Å². The Hall–Kier alpha value is -3.17. The van der Waals surface area contributed by atoms with Crippen molar-refractivity contribution in [3.05, 3.63) is 71.7 Å². The highest BCUT2D eigenvalue weighted by Gasteiger charge is 2.24. The third kappa shape index (κ3) is 1.55.